The summed E-state index contributed by atoms with van der Waals surface area (Å²) in [6, 6.07) is 4.32. The van der Waals surface area contributed by atoms with Crippen molar-refractivity contribution < 1.29 is 15.0 Å². The summed E-state index contributed by atoms with van der Waals surface area (Å²) < 4.78 is 0. The number of benzene rings is 1. The summed E-state index contributed by atoms with van der Waals surface area (Å²) in [5.41, 5.74) is 0.650. The van der Waals surface area contributed by atoms with E-state index in [0.717, 1.165) is 5.56 Å². The molecular weight excluding hydrogens is 230 g/mol. The second-order valence-electron chi connectivity index (χ2n) is 5.58. The van der Waals surface area contributed by atoms with Crippen LogP contribution in [0.2, 0.25) is 0 Å². The third-order valence-electron chi connectivity index (χ3n) is 2.58. The maximum atomic E-state index is 11.6. The van der Waals surface area contributed by atoms with Gasteiger partial charge >= 0.3 is 0 Å². The molecule has 1 rings (SSSR count). The first-order valence-electron chi connectivity index (χ1n) is 5.98. The third kappa shape index (κ3) is 4.37. The van der Waals surface area contributed by atoms with E-state index in [1.807, 2.05) is 20.8 Å². The van der Waals surface area contributed by atoms with Crippen LogP contribution < -0.4 is 5.32 Å². The lowest BCUT2D eigenvalue weighted by Gasteiger charge is -2.27. The summed E-state index contributed by atoms with van der Waals surface area (Å²) in [6.07, 6.45) is 0.487. The lowest BCUT2D eigenvalue weighted by atomic mass is 9.99. The zero-order valence-electron chi connectivity index (χ0n) is 11.3. The summed E-state index contributed by atoms with van der Waals surface area (Å²) in [6.45, 7) is 7.54. The monoisotopic (exact) mass is 251 g/mol. The van der Waals surface area contributed by atoms with Gasteiger partial charge in [0.1, 0.15) is 5.78 Å². The molecule has 4 heteroatoms. The Morgan fingerprint density at radius 1 is 1.28 bits per heavy atom. The summed E-state index contributed by atoms with van der Waals surface area (Å²) >= 11 is 0. The first-order valence-corrected chi connectivity index (χ1v) is 5.98. The van der Waals surface area contributed by atoms with Crippen molar-refractivity contribution >= 4 is 5.78 Å². The minimum Gasteiger partial charge on any atom is -0.504 e. The molecule has 0 aliphatic carbocycles. The largest absolute Gasteiger partial charge is 0.504 e. The van der Waals surface area contributed by atoms with Gasteiger partial charge in [-0.2, -0.15) is 0 Å². The molecule has 4 nitrogen and oxygen atoms in total. The predicted octanol–water partition coefficient (Wildman–Crippen LogP) is 1.99. The summed E-state index contributed by atoms with van der Waals surface area (Å²) in [5, 5.41) is 21.9. The number of nitrogens with one attached hydrogen (secondary N) is 1. The second kappa shape index (κ2) is 5.40. The predicted molar refractivity (Wildman–Crippen MR) is 70.8 cm³/mol. The molecule has 0 aliphatic heterocycles. The molecule has 0 fully saturated rings. The van der Waals surface area contributed by atoms with E-state index in [2.05, 4.69) is 5.32 Å². The third-order valence-corrected chi connectivity index (χ3v) is 2.58. The molecule has 0 spiro atoms. The van der Waals surface area contributed by atoms with Gasteiger partial charge in [0.15, 0.2) is 11.5 Å². The van der Waals surface area contributed by atoms with E-state index in [9.17, 15) is 15.0 Å². The van der Waals surface area contributed by atoms with Crippen LogP contribution in [0.1, 0.15) is 33.3 Å². The van der Waals surface area contributed by atoms with Gasteiger partial charge in [-0.05, 0) is 51.8 Å². The van der Waals surface area contributed by atoms with E-state index in [1.165, 1.54) is 12.1 Å². The van der Waals surface area contributed by atoms with Gasteiger partial charge in [-0.3, -0.25) is 4.79 Å². The minimum atomic E-state index is -0.297. The van der Waals surface area contributed by atoms with Crippen LogP contribution in [0.3, 0.4) is 0 Å². The normalized spacial score (nSPS) is 13.3. The maximum absolute atomic E-state index is 11.6. The molecule has 1 atom stereocenters. The molecule has 0 radical (unpaired) electrons. The molecule has 1 aromatic rings. The lowest BCUT2D eigenvalue weighted by Crippen LogP contribution is -2.48. The quantitative estimate of drug-likeness (QED) is 0.716. The average molecular weight is 251 g/mol. The highest BCUT2D eigenvalue weighted by Crippen LogP contribution is 2.25. The number of hydrogen-bond donors (Lipinski definition) is 3. The highest BCUT2D eigenvalue weighted by Gasteiger charge is 2.21. The zero-order valence-corrected chi connectivity index (χ0v) is 11.3. The Kier molecular flexibility index (Phi) is 4.35. The second-order valence-corrected chi connectivity index (χ2v) is 5.58. The number of ketones is 1. The van der Waals surface area contributed by atoms with Crippen LogP contribution in [0.15, 0.2) is 18.2 Å². The number of phenolic OH excluding ortho intramolecular Hbond substituents is 2. The van der Waals surface area contributed by atoms with Crippen molar-refractivity contribution in [1.82, 2.24) is 5.32 Å². The smallest absolute Gasteiger partial charge is 0.157 e. The number of carbonyl (C=O) groups is 1. The average Bonchev–Trinajstić information content (AvgIpc) is 2.20. The molecule has 0 heterocycles. The van der Waals surface area contributed by atoms with E-state index >= 15 is 0 Å². The van der Waals surface area contributed by atoms with Gasteiger partial charge in [0.05, 0.1) is 6.04 Å². The van der Waals surface area contributed by atoms with Crippen molar-refractivity contribution in [2.24, 2.45) is 0 Å². The van der Waals surface area contributed by atoms with Crippen molar-refractivity contribution in [1.29, 1.82) is 0 Å². The van der Waals surface area contributed by atoms with E-state index in [1.54, 1.807) is 13.0 Å². The zero-order chi connectivity index (χ0) is 13.9. The Labute approximate surface area is 108 Å². The Morgan fingerprint density at radius 3 is 2.33 bits per heavy atom. The molecule has 0 amide bonds. The number of rotatable bonds is 4. The van der Waals surface area contributed by atoms with E-state index in [-0.39, 0.29) is 28.9 Å². The van der Waals surface area contributed by atoms with Crippen LogP contribution in [-0.2, 0) is 11.2 Å². The van der Waals surface area contributed by atoms with E-state index < -0.39 is 0 Å². The first kappa shape index (κ1) is 14.5. The molecular formula is C14H21NO3. The Balaban J connectivity index is 2.83. The SMILES string of the molecule is CC(=O)[C@H](Cc1ccc(O)c(O)c1)NC(C)(C)C. The van der Waals surface area contributed by atoms with Crippen molar-refractivity contribution in [3.63, 3.8) is 0 Å². The van der Waals surface area contributed by atoms with E-state index in [4.69, 9.17) is 0 Å². The minimum absolute atomic E-state index is 0.0532. The number of aromatic hydroxyl groups is 2. The fraction of sp³-hybridized carbons (Fsp3) is 0.500. The van der Waals surface area contributed by atoms with Crippen LogP contribution in [0.5, 0.6) is 11.5 Å². The molecule has 0 unspecified atom stereocenters. The van der Waals surface area contributed by atoms with E-state index in [0.29, 0.717) is 6.42 Å². The Bertz CT molecular complexity index is 435. The summed E-state index contributed by atoms with van der Waals surface area (Å²) in [7, 11) is 0. The van der Waals surface area contributed by atoms with Gasteiger partial charge in [-0.15, -0.1) is 0 Å². The van der Waals surface area contributed by atoms with Crippen molar-refractivity contribution in [2.75, 3.05) is 0 Å². The molecule has 100 valence electrons. The number of hydrogen-bond acceptors (Lipinski definition) is 4. The van der Waals surface area contributed by atoms with Crippen LogP contribution in [0.25, 0.3) is 0 Å². The molecule has 0 saturated heterocycles. The van der Waals surface area contributed by atoms with Gasteiger partial charge in [0.2, 0.25) is 0 Å². The highest BCUT2D eigenvalue weighted by atomic mass is 16.3. The topological polar surface area (TPSA) is 69.6 Å². The fourth-order valence-corrected chi connectivity index (χ4v) is 1.75. The molecule has 1 aromatic carbocycles. The molecule has 0 aromatic heterocycles. The number of phenols is 2. The first-order chi connectivity index (χ1) is 8.19. The van der Waals surface area contributed by atoms with Crippen LogP contribution >= 0.6 is 0 Å². The fourth-order valence-electron chi connectivity index (χ4n) is 1.75. The Hall–Kier alpha value is -1.55. The van der Waals surface area contributed by atoms with Crippen molar-refractivity contribution in [3.8, 4) is 11.5 Å². The standard InChI is InChI=1S/C14H21NO3/c1-9(16)11(15-14(2,3)4)7-10-5-6-12(17)13(18)8-10/h5-6,8,11,15,17-18H,7H2,1-4H3/t11-/m0/s1. The molecule has 3 N–H and O–H groups in total. The van der Waals surface area contributed by atoms with Crippen molar-refractivity contribution in [3.05, 3.63) is 23.8 Å². The molecule has 0 aliphatic rings. The lowest BCUT2D eigenvalue weighted by molar-refractivity contribution is -0.119. The van der Waals surface area contributed by atoms with Gasteiger partial charge in [0.25, 0.3) is 0 Å². The summed E-state index contributed by atoms with van der Waals surface area (Å²) in [5.74, 6) is -0.259. The summed E-state index contributed by atoms with van der Waals surface area (Å²) in [4.78, 5) is 11.6. The van der Waals surface area contributed by atoms with Gasteiger partial charge in [0, 0.05) is 5.54 Å². The molecule has 0 bridgehead atoms. The van der Waals surface area contributed by atoms with Gasteiger partial charge in [-0.25, -0.2) is 0 Å². The molecule has 0 saturated carbocycles. The molecule has 18 heavy (non-hydrogen) atoms. The Morgan fingerprint density at radius 2 is 1.89 bits per heavy atom. The highest BCUT2D eigenvalue weighted by molar-refractivity contribution is 5.81. The van der Waals surface area contributed by atoms with Crippen LogP contribution in [0.4, 0.5) is 0 Å². The number of carbonyl (C=O) groups excluding carboxylic acids is 1. The maximum Gasteiger partial charge on any atom is 0.157 e. The van der Waals surface area contributed by atoms with Crippen molar-refractivity contribution in [2.45, 2.75) is 45.7 Å². The van der Waals surface area contributed by atoms with Crippen LogP contribution in [-0.4, -0.2) is 27.6 Å². The van der Waals surface area contributed by atoms with Crippen LogP contribution in [0, 0.1) is 0 Å². The van der Waals surface area contributed by atoms with Gasteiger partial charge < -0.3 is 15.5 Å². The number of Topliss-reactive ketones (excluding diaryl/α,β-unsaturated/α-hetero) is 1. The van der Waals surface area contributed by atoms with Gasteiger partial charge in [-0.1, -0.05) is 6.07 Å².